The van der Waals surface area contributed by atoms with Crippen molar-refractivity contribution < 1.29 is 4.79 Å². The van der Waals surface area contributed by atoms with E-state index >= 15 is 0 Å². The summed E-state index contributed by atoms with van der Waals surface area (Å²) >= 11 is 0. The lowest BCUT2D eigenvalue weighted by molar-refractivity contribution is -0.123. The normalized spacial score (nSPS) is 44.5. The summed E-state index contributed by atoms with van der Waals surface area (Å²) in [5.41, 5.74) is 6.11. The summed E-state index contributed by atoms with van der Waals surface area (Å²) in [4.78, 5) is 14.0. The van der Waals surface area contributed by atoms with Crippen LogP contribution in [0.1, 0.15) is 46.0 Å². The number of amides is 1. The van der Waals surface area contributed by atoms with E-state index in [4.69, 9.17) is 5.73 Å². The van der Waals surface area contributed by atoms with Crippen LogP contribution in [-0.4, -0.2) is 42.0 Å². The minimum Gasteiger partial charge on any atom is -0.369 e. The van der Waals surface area contributed by atoms with Gasteiger partial charge in [0.15, 0.2) is 0 Å². The smallest absolute Gasteiger partial charge is 0.220 e. The van der Waals surface area contributed by atoms with E-state index in [2.05, 4.69) is 31.1 Å². The van der Waals surface area contributed by atoms with E-state index in [1.54, 1.807) is 0 Å². The number of hydrogen-bond donors (Lipinski definition) is 2. The fourth-order valence-corrected chi connectivity index (χ4v) is 4.49. The number of nitrogens with two attached hydrogens (primary N) is 1. The second kappa shape index (κ2) is 4.70. The molecule has 4 atom stereocenters. The van der Waals surface area contributed by atoms with Crippen molar-refractivity contribution in [2.24, 2.45) is 23.5 Å². The maximum atomic E-state index is 11.5. The number of nitrogens with zero attached hydrogens (tertiary/aromatic N) is 1. The van der Waals surface area contributed by atoms with Gasteiger partial charge in [-0.05, 0) is 71.4 Å². The maximum Gasteiger partial charge on any atom is 0.220 e. The molecule has 3 aliphatic rings. The Kier molecular flexibility index (Phi) is 3.37. The molecule has 0 aromatic rings. The number of carbonyl (C=O) groups is 1. The Hall–Kier alpha value is -0.610. The molecule has 0 radical (unpaired) electrons. The Labute approximate surface area is 122 Å². The summed E-state index contributed by atoms with van der Waals surface area (Å²) in [7, 11) is 2.25. The minimum absolute atomic E-state index is 0.0963. The van der Waals surface area contributed by atoms with Crippen LogP contribution in [0, 0.1) is 17.8 Å². The van der Waals surface area contributed by atoms with Crippen molar-refractivity contribution >= 4 is 5.91 Å². The van der Waals surface area contributed by atoms with Gasteiger partial charge in [-0.2, -0.15) is 0 Å². The highest BCUT2D eigenvalue weighted by Gasteiger charge is 2.59. The molecule has 3 N–H and O–H groups in total. The van der Waals surface area contributed by atoms with Crippen molar-refractivity contribution in [2.45, 2.75) is 57.0 Å². The molecule has 0 bridgehead atoms. The molecule has 20 heavy (non-hydrogen) atoms. The van der Waals surface area contributed by atoms with Crippen LogP contribution in [0.3, 0.4) is 0 Å². The second-order valence-corrected chi connectivity index (χ2v) is 7.98. The first-order valence-electron chi connectivity index (χ1n) is 8.10. The number of rotatable bonds is 2. The summed E-state index contributed by atoms with van der Waals surface area (Å²) in [5, 5.41) is 3.71. The van der Waals surface area contributed by atoms with Crippen LogP contribution >= 0.6 is 0 Å². The Morgan fingerprint density at radius 2 is 2.05 bits per heavy atom. The number of primary amides is 1. The molecule has 3 unspecified atom stereocenters. The van der Waals surface area contributed by atoms with Gasteiger partial charge in [0.05, 0.1) is 0 Å². The lowest BCUT2D eigenvalue weighted by atomic mass is 9.80. The van der Waals surface area contributed by atoms with Crippen molar-refractivity contribution in [2.75, 3.05) is 20.1 Å². The zero-order chi connectivity index (χ0) is 14.5. The average Bonchev–Trinajstić information content (AvgIpc) is 3.06. The number of carbonyl (C=O) groups excluding carboxylic acids is 1. The van der Waals surface area contributed by atoms with E-state index in [1.165, 1.54) is 25.8 Å². The van der Waals surface area contributed by atoms with E-state index < -0.39 is 0 Å². The number of hydrogen-bond acceptors (Lipinski definition) is 3. The van der Waals surface area contributed by atoms with Crippen molar-refractivity contribution in [1.29, 1.82) is 0 Å². The van der Waals surface area contributed by atoms with E-state index in [0.717, 1.165) is 31.2 Å². The molecule has 3 fully saturated rings. The molecule has 0 aromatic carbocycles. The number of likely N-dealkylation sites (tertiary alicyclic amines) is 1. The number of nitrogens with one attached hydrogen (secondary N) is 1. The van der Waals surface area contributed by atoms with Crippen molar-refractivity contribution in [1.82, 2.24) is 10.2 Å². The molecule has 4 heteroatoms. The predicted octanol–water partition coefficient (Wildman–Crippen LogP) is 1.35. The van der Waals surface area contributed by atoms with Crippen LogP contribution in [0.25, 0.3) is 0 Å². The molecule has 1 saturated carbocycles. The van der Waals surface area contributed by atoms with Gasteiger partial charge in [-0.15, -0.1) is 0 Å². The molecule has 2 saturated heterocycles. The summed E-state index contributed by atoms with van der Waals surface area (Å²) in [6, 6.07) is 0. The van der Waals surface area contributed by atoms with E-state index in [-0.39, 0.29) is 17.4 Å². The standard InChI is InChI=1S/C16H29N3O/c1-15(2)6-4-12(10-19(15)3)13-9-16(13)8-11(14(17)20)5-7-18-16/h11-13,18H,4-10H2,1-3H3,(H2,17,20)/t11?,12-,13?,16?/m1/s1. The summed E-state index contributed by atoms with van der Waals surface area (Å²) in [5.74, 6) is 1.53. The maximum absolute atomic E-state index is 11.5. The third kappa shape index (κ3) is 2.37. The van der Waals surface area contributed by atoms with Gasteiger partial charge in [0.1, 0.15) is 0 Å². The third-order valence-electron chi connectivity index (χ3n) is 6.35. The van der Waals surface area contributed by atoms with Gasteiger partial charge in [-0.25, -0.2) is 0 Å². The first-order valence-corrected chi connectivity index (χ1v) is 8.10. The molecular weight excluding hydrogens is 250 g/mol. The highest BCUT2D eigenvalue weighted by atomic mass is 16.1. The molecule has 1 amide bonds. The topological polar surface area (TPSA) is 58.4 Å². The molecule has 2 heterocycles. The molecule has 1 spiro atoms. The van der Waals surface area contributed by atoms with Crippen LogP contribution in [0.5, 0.6) is 0 Å². The van der Waals surface area contributed by atoms with Gasteiger partial charge in [0.25, 0.3) is 0 Å². The van der Waals surface area contributed by atoms with Gasteiger partial charge in [-0.3, -0.25) is 4.79 Å². The van der Waals surface area contributed by atoms with Gasteiger partial charge < -0.3 is 16.0 Å². The van der Waals surface area contributed by atoms with Crippen LogP contribution < -0.4 is 11.1 Å². The molecular formula is C16H29N3O. The van der Waals surface area contributed by atoms with Crippen LogP contribution in [-0.2, 0) is 4.79 Å². The molecule has 114 valence electrons. The molecule has 3 rings (SSSR count). The van der Waals surface area contributed by atoms with Gasteiger partial charge in [-0.1, -0.05) is 0 Å². The fraction of sp³-hybridized carbons (Fsp3) is 0.938. The molecule has 2 aliphatic heterocycles. The van der Waals surface area contributed by atoms with Gasteiger partial charge in [0, 0.05) is 23.5 Å². The first-order chi connectivity index (χ1) is 9.34. The Balaban J connectivity index is 1.63. The lowest BCUT2D eigenvalue weighted by Gasteiger charge is -2.44. The molecule has 4 nitrogen and oxygen atoms in total. The van der Waals surface area contributed by atoms with Gasteiger partial charge >= 0.3 is 0 Å². The number of piperidine rings is 2. The van der Waals surface area contributed by atoms with E-state index in [1.807, 2.05) is 0 Å². The summed E-state index contributed by atoms with van der Waals surface area (Å²) in [6.07, 6.45) is 5.74. The van der Waals surface area contributed by atoms with Crippen LogP contribution in [0.2, 0.25) is 0 Å². The van der Waals surface area contributed by atoms with Crippen molar-refractivity contribution in [3.63, 3.8) is 0 Å². The average molecular weight is 279 g/mol. The Bertz CT molecular complexity index is 409. The monoisotopic (exact) mass is 279 g/mol. The highest BCUT2D eigenvalue weighted by Crippen LogP contribution is 2.56. The third-order valence-corrected chi connectivity index (χ3v) is 6.35. The Morgan fingerprint density at radius 3 is 2.70 bits per heavy atom. The van der Waals surface area contributed by atoms with Crippen LogP contribution in [0.4, 0.5) is 0 Å². The fourth-order valence-electron chi connectivity index (χ4n) is 4.49. The summed E-state index contributed by atoms with van der Waals surface area (Å²) in [6.45, 7) is 6.84. The minimum atomic E-state index is -0.0987. The largest absolute Gasteiger partial charge is 0.369 e. The van der Waals surface area contributed by atoms with E-state index in [9.17, 15) is 4.79 Å². The second-order valence-electron chi connectivity index (χ2n) is 7.98. The predicted molar refractivity (Wildman–Crippen MR) is 80.2 cm³/mol. The zero-order valence-electron chi connectivity index (χ0n) is 13.1. The van der Waals surface area contributed by atoms with Gasteiger partial charge in [0.2, 0.25) is 5.91 Å². The van der Waals surface area contributed by atoms with E-state index in [0.29, 0.717) is 5.54 Å². The Morgan fingerprint density at radius 1 is 1.30 bits per heavy atom. The summed E-state index contributed by atoms with van der Waals surface area (Å²) < 4.78 is 0. The van der Waals surface area contributed by atoms with Crippen molar-refractivity contribution in [3.8, 4) is 0 Å². The van der Waals surface area contributed by atoms with Crippen LogP contribution in [0.15, 0.2) is 0 Å². The van der Waals surface area contributed by atoms with Crippen molar-refractivity contribution in [3.05, 3.63) is 0 Å². The lowest BCUT2D eigenvalue weighted by Crippen LogP contribution is -2.51. The SMILES string of the molecule is CN1C[C@H](C2CC23CC(C(N)=O)CCN3)CCC1(C)C. The quantitative estimate of drug-likeness (QED) is 0.802. The zero-order valence-corrected chi connectivity index (χ0v) is 13.1. The molecule has 1 aliphatic carbocycles. The highest BCUT2D eigenvalue weighted by molar-refractivity contribution is 5.77. The molecule has 0 aromatic heterocycles. The first kappa shape index (κ1) is 14.3.